The molecule has 0 aromatic heterocycles. The number of rotatable bonds is 10. The smallest absolute Gasteiger partial charge is 0.132 e. The van der Waals surface area contributed by atoms with E-state index in [-0.39, 0.29) is 17.6 Å². The van der Waals surface area contributed by atoms with E-state index in [1.54, 1.807) is 0 Å². The highest BCUT2D eigenvalue weighted by Crippen LogP contribution is 2.44. The molecule has 2 atom stereocenters. The normalized spacial score (nSPS) is 18.5. The molecule has 0 fully saturated rings. The van der Waals surface area contributed by atoms with Gasteiger partial charge in [-0.05, 0) is 72.7 Å². The number of hydrogen-bond acceptors (Lipinski definition) is 4. The van der Waals surface area contributed by atoms with Crippen molar-refractivity contribution in [3.05, 3.63) is 94.0 Å². The number of benzene rings is 3. The third-order valence-corrected chi connectivity index (χ3v) is 7.32. The first-order chi connectivity index (χ1) is 18.1. The predicted molar refractivity (Wildman–Crippen MR) is 157 cm³/mol. The minimum Gasteiger partial charge on any atom is -0.485 e. The molecule has 2 unspecified atom stereocenters. The Kier molecular flexibility index (Phi) is 9.07. The lowest BCUT2D eigenvalue weighted by Crippen LogP contribution is -2.51. The molecular formula is C33H42ClNO3. The van der Waals surface area contributed by atoms with Crippen molar-refractivity contribution in [2.45, 2.75) is 90.8 Å². The first-order valence-corrected chi connectivity index (χ1v) is 14.1. The average molecular weight is 536 g/mol. The van der Waals surface area contributed by atoms with Gasteiger partial charge < -0.3 is 19.5 Å². The largest absolute Gasteiger partial charge is 0.485 e. The number of ether oxygens (including phenoxy) is 3. The summed E-state index contributed by atoms with van der Waals surface area (Å²) in [7, 11) is 0. The minimum absolute atomic E-state index is 0.124. The van der Waals surface area contributed by atoms with Crippen molar-refractivity contribution in [3.8, 4) is 5.75 Å². The lowest BCUT2D eigenvalue weighted by Gasteiger charge is -2.44. The molecule has 3 aromatic rings. The summed E-state index contributed by atoms with van der Waals surface area (Å²) in [6, 6.07) is 22.9. The maximum absolute atomic E-state index is 6.61. The fourth-order valence-corrected chi connectivity index (χ4v) is 5.01. The van der Waals surface area contributed by atoms with Gasteiger partial charge in [-0.25, -0.2) is 0 Å². The molecule has 0 saturated carbocycles. The molecule has 0 radical (unpaired) electrons. The molecule has 4 rings (SSSR count). The van der Waals surface area contributed by atoms with Crippen LogP contribution in [0.5, 0.6) is 5.75 Å². The lowest BCUT2D eigenvalue weighted by molar-refractivity contribution is -0.167. The maximum Gasteiger partial charge on any atom is 0.132 e. The van der Waals surface area contributed by atoms with Crippen LogP contribution in [0.3, 0.4) is 0 Å². The second-order valence-electron chi connectivity index (χ2n) is 11.8. The summed E-state index contributed by atoms with van der Waals surface area (Å²) in [6.45, 7) is 14.9. The SMILES string of the molecule is CCCCOC1c2cc(NCc3cccc(Cl)c3)ccc2OC(C)(C)C1OCc1ccc(C(C)(C)C)cc1. The van der Waals surface area contributed by atoms with Crippen LogP contribution in [0.2, 0.25) is 5.02 Å². The van der Waals surface area contributed by atoms with Crippen molar-refractivity contribution >= 4 is 17.3 Å². The van der Waals surface area contributed by atoms with Crippen molar-refractivity contribution in [1.29, 1.82) is 0 Å². The highest BCUT2D eigenvalue weighted by Gasteiger charge is 2.45. The molecule has 1 N–H and O–H groups in total. The van der Waals surface area contributed by atoms with E-state index in [4.69, 9.17) is 25.8 Å². The summed E-state index contributed by atoms with van der Waals surface area (Å²) in [5.41, 5.74) is 5.18. The van der Waals surface area contributed by atoms with E-state index < -0.39 is 5.60 Å². The molecule has 0 bridgehead atoms. The van der Waals surface area contributed by atoms with Crippen LogP contribution in [-0.4, -0.2) is 18.3 Å². The van der Waals surface area contributed by atoms with Gasteiger partial charge >= 0.3 is 0 Å². The van der Waals surface area contributed by atoms with Gasteiger partial charge in [0.1, 0.15) is 23.6 Å². The number of anilines is 1. The Morgan fingerprint density at radius 1 is 0.947 bits per heavy atom. The van der Waals surface area contributed by atoms with Crippen molar-refractivity contribution in [2.75, 3.05) is 11.9 Å². The molecule has 3 aromatic carbocycles. The molecule has 4 nitrogen and oxygen atoms in total. The van der Waals surface area contributed by atoms with Gasteiger partial charge in [0, 0.05) is 29.4 Å². The van der Waals surface area contributed by atoms with Crippen LogP contribution >= 0.6 is 11.6 Å². The fraction of sp³-hybridized carbons (Fsp3) is 0.455. The molecule has 1 aliphatic rings. The summed E-state index contributed by atoms with van der Waals surface area (Å²) in [4.78, 5) is 0. The third-order valence-electron chi connectivity index (χ3n) is 7.08. The highest BCUT2D eigenvalue weighted by atomic mass is 35.5. The van der Waals surface area contributed by atoms with Crippen LogP contribution in [0.1, 0.15) is 82.7 Å². The summed E-state index contributed by atoms with van der Waals surface area (Å²) in [5.74, 6) is 0.846. The summed E-state index contributed by atoms with van der Waals surface area (Å²) >= 11 is 6.17. The van der Waals surface area contributed by atoms with E-state index >= 15 is 0 Å². The fourth-order valence-electron chi connectivity index (χ4n) is 4.80. The van der Waals surface area contributed by atoms with Crippen molar-refractivity contribution < 1.29 is 14.2 Å². The number of nitrogens with one attached hydrogen (secondary N) is 1. The van der Waals surface area contributed by atoms with E-state index in [1.807, 2.05) is 24.3 Å². The van der Waals surface area contributed by atoms with Gasteiger partial charge in [-0.15, -0.1) is 0 Å². The molecule has 1 aliphatic heterocycles. The Morgan fingerprint density at radius 2 is 1.71 bits per heavy atom. The highest BCUT2D eigenvalue weighted by molar-refractivity contribution is 6.30. The minimum atomic E-state index is -0.551. The van der Waals surface area contributed by atoms with Gasteiger partial charge in [0.2, 0.25) is 0 Å². The molecule has 0 aliphatic carbocycles. The van der Waals surface area contributed by atoms with E-state index in [1.165, 1.54) is 5.56 Å². The Bertz CT molecular complexity index is 1200. The van der Waals surface area contributed by atoms with Crippen LogP contribution in [0, 0.1) is 0 Å². The van der Waals surface area contributed by atoms with Gasteiger partial charge in [0.15, 0.2) is 0 Å². The monoisotopic (exact) mass is 535 g/mol. The van der Waals surface area contributed by atoms with E-state index in [9.17, 15) is 0 Å². The van der Waals surface area contributed by atoms with Gasteiger partial charge in [0.05, 0.1) is 6.61 Å². The Hall–Kier alpha value is -2.53. The Labute approximate surface area is 233 Å². The maximum atomic E-state index is 6.61. The zero-order chi connectivity index (χ0) is 27.3. The number of unbranched alkanes of at least 4 members (excludes halogenated alkanes) is 1. The third kappa shape index (κ3) is 7.11. The topological polar surface area (TPSA) is 39.7 Å². The van der Waals surface area contributed by atoms with Crippen molar-refractivity contribution in [1.82, 2.24) is 0 Å². The van der Waals surface area contributed by atoms with Crippen LogP contribution in [-0.2, 0) is 28.0 Å². The zero-order valence-electron chi connectivity index (χ0n) is 23.6. The van der Waals surface area contributed by atoms with Crippen LogP contribution < -0.4 is 10.1 Å². The molecule has 0 saturated heterocycles. The summed E-state index contributed by atoms with van der Waals surface area (Å²) in [6.07, 6.45) is 1.58. The number of halogens is 1. The molecule has 5 heteroatoms. The van der Waals surface area contributed by atoms with Gasteiger partial charge in [-0.2, -0.15) is 0 Å². The van der Waals surface area contributed by atoms with Crippen molar-refractivity contribution in [3.63, 3.8) is 0 Å². The van der Waals surface area contributed by atoms with Gasteiger partial charge in [-0.1, -0.05) is 82.1 Å². The Morgan fingerprint density at radius 3 is 2.39 bits per heavy atom. The van der Waals surface area contributed by atoms with E-state index in [2.05, 4.69) is 89.3 Å². The van der Waals surface area contributed by atoms with Crippen molar-refractivity contribution in [2.24, 2.45) is 0 Å². The molecule has 204 valence electrons. The number of hydrogen-bond donors (Lipinski definition) is 1. The molecule has 0 amide bonds. The Balaban J connectivity index is 1.55. The molecule has 38 heavy (non-hydrogen) atoms. The second-order valence-corrected chi connectivity index (χ2v) is 12.2. The van der Waals surface area contributed by atoms with E-state index in [0.29, 0.717) is 19.8 Å². The molecule has 1 heterocycles. The summed E-state index contributed by atoms with van der Waals surface area (Å²) in [5, 5.41) is 4.27. The first kappa shape index (κ1) is 28.5. The average Bonchev–Trinajstić information content (AvgIpc) is 2.86. The lowest BCUT2D eigenvalue weighted by atomic mass is 9.86. The van der Waals surface area contributed by atoms with E-state index in [0.717, 1.165) is 46.0 Å². The predicted octanol–water partition coefficient (Wildman–Crippen LogP) is 8.86. The number of fused-ring (bicyclic) bond motifs is 1. The van der Waals surface area contributed by atoms with Gasteiger partial charge in [0.25, 0.3) is 0 Å². The molecule has 0 spiro atoms. The standard InChI is InChI=1S/C33H42ClNO3/c1-7-8-18-36-30-28-20-27(35-21-24-10-9-11-26(34)19-24)16-17-29(28)38-33(5,6)31(30)37-22-23-12-14-25(15-13-23)32(2,3)4/h9-17,19-20,30-31,35H,7-8,18,21-22H2,1-6H3. The quantitative estimate of drug-likeness (QED) is 0.263. The second kappa shape index (κ2) is 12.1. The van der Waals surface area contributed by atoms with Crippen LogP contribution in [0.25, 0.3) is 0 Å². The summed E-state index contributed by atoms with van der Waals surface area (Å²) < 4.78 is 19.6. The first-order valence-electron chi connectivity index (χ1n) is 13.7. The zero-order valence-corrected chi connectivity index (χ0v) is 24.4. The van der Waals surface area contributed by atoms with Crippen LogP contribution in [0.4, 0.5) is 5.69 Å². The molecular weight excluding hydrogens is 494 g/mol. The van der Waals surface area contributed by atoms with Crippen LogP contribution in [0.15, 0.2) is 66.7 Å². The van der Waals surface area contributed by atoms with Gasteiger partial charge in [-0.3, -0.25) is 0 Å².